The van der Waals surface area contributed by atoms with Crippen LogP contribution in [0.3, 0.4) is 0 Å². The van der Waals surface area contributed by atoms with Gasteiger partial charge in [0, 0.05) is 12.5 Å². The number of halogens is 2. The lowest BCUT2D eigenvalue weighted by atomic mass is 10.0. The van der Waals surface area contributed by atoms with E-state index < -0.39 is 23.7 Å². The standard InChI is InChI=1S/C19H15ClFNO4/c20-14-6-2-4-8-17(14)26-13-10-18(23)22(11-13)16(19(24)25)9-12-5-1-3-7-15(12)21/h1-8,10,16H,9,11H2,(H,24,25). The van der Waals surface area contributed by atoms with Crippen LogP contribution in [0.4, 0.5) is 4.39 Å². The molecule has 1 atom stereocenters. The lowest BCUT2D eigenvalue weighted by Gasteiger charge is -2.24. The average Bonchev–Trinajstić information content (AvgIpc) is 2.96. The van der Waals surface area contributed by atoms with Crippen molar-refractivity contribution in [3.05, 3.63) is 76.8 Å². The molecule has 1 heterocycles. The van der Waals surface area contributed by atoms with Gasteiger partial charge in [0.2, 0.25) is 0 Å². The number of carbonyl (C=O) groups excluding carboxylic acids is 1. The van der Waals surface area contributed by atoms with Gasteiger partial charge in [-0.15, -0.1) is 0 Å². The smallest absolute Gasteiger partial charge is 0.326 e. The van der Waals surface area contributed by atoms with Gasteiger partial charge in [0.25, 0.3) is 5.91 Å². The second-order valence-electron chi connectivity index (χ2n) is 5.76. The highest BCUT2D eigenvalue weighted by atomic mass is 35.5. The summed E-state index contributed by atoms with van der Waals surface area (Å²) in [5.74, 6) is -1.57. The molecular weight excluding hydrogens is 361 g/mol. The maximum atomic E-state index is 13.9. The van der Waals surface area contributed by atoms with E-state index >= 15 is 0 Å². The molecule has 1 aliphatic heterocycles. The normalized spacial score (nSPS) is 14.9. The molecule has 0 aromatic heterocycles. The van der Waals surface area contributed by atoms with Gasteiger partial charge >= 0.3 is 5.97 Å². The molecule has 1 unspecified atom stereocenters. The quantitative estimate of drug-likeness (QED) is 0.841. The highest BCUT2D eigenvalue weighted by Crippen LogP contribution is 2.27. The fraction of sp³-hybridized carbons (Fsp3) is 0.158. The molecule has 1 N–H and O–H groups in total. The van der Waals surface area contributed by atoms with Crippen molar-refractivity contribution >= 4 is 23.5 Å². The number of aliphatic carboxylic acids is 1. The number of amides is 1. The summed E-state index contributed by atoms with van der Waals surface area (Å²) >= 11 is 6.03. The Morgan fingerprint density at radius 2 is 1.92 bits per heavy atom. The second kappa shape index (κ2) is 7.58. The molecule has 3 rings (SSSR count). The van der Waals surface area contributed by atoms with Crippen molar-refractivity contribution < 1.29 is 23.8 Å². The number of benzene rings is 2. The summed E-state index contributed by atoms with van der Waals surface area (Å²) in [5, 5.41) is 9.90. The minimum Gasteiger partial charge on any atom is -0.480 e. The molecule has 5 nitrogen and oxygen atoms in total. The maximum absolute atomic E-state index is 13.9. The van der Waals surface area contributed by atoms with Crippen LogP contribution >= 0.6 is 11.6 Å². The van der Waals surface area contributed by atoms with E-state index in [9.17, 15) is 19.1 Å². The van der Waals surface area contributed by atoms with Crippen LogP contribution in [0.25, 0.3) is 0 Å². The minimum absolute atomic E-state index is 0.0323. The van der Waals surface area contributed by atoms with Crippen molar-refractivity contribution in [2.45, 2.75) is 12.5 Å². The average molecular weight is 376 g/mol. The van der Waals surface area contributed by atoms with Crippen molar-refractivity contribution in [2.24, 2.45) is 0 Å². The molecule has 2 aromatic rings. The largest absolute Gasteiger partial charge is 0.480 e. The number of nitrogens with zero attached hydrogens (tertiary/aromatic N) is 1. The van der Waals surface area contributed by atoms with Crippen LogP contribution in [0, 0.1) is 5.82 Å². The Balaban J connectivity index is 1.76. The van der Waals surface area contributed by atoms with Crippen molar-refractivity contribution in [1.29, 1.82) is 0 Å². The molecule has 0 aliphatic carbocycles. The number of ether oxygens (including phenoxy) is 1. The molecule has 0 bridgehead atoms. The van der Waals surface area contributed by atoms with E-state index in [2.05, 4.69) is 0 Å². The SMILES string of the molecule is O=C(O)C(Cc1ccccc1F)N1CC(Oc2ccccc2Cl)=CC1=O. The summed E-state index contributed by atoms with van der Waals surface area (Å²) in [4.78, 5) is 25.1. The third-order valence-electron chi connectivity index (χ3n) is 4.00. The highest BCUT2D eigenvalue weighted by Gasteiger charge is 2.34. The first-order chi connectivity index (χ1) is 12.5. The third-order valence-corrected chi connectivity index (χ3v) is 4.32. The summed E-state index contributed by atoms with van der Waals surface area (Å²) < 4.78 is 19.5. The van der Waals surface area contributed by atoms with Crippen molar-refractivity contribution in [2.75, 3.05) is 6.54 Å². The van der Waals surface area contributed by atoms with E-state index in [0.29, 0.717) is 10.8 Å². The van der Waals surface area contributed by atoms with Gasteiger partial charge in [0.15, 0.2) is 0 Å². The fourth-order valence-corrected chi connectivity index (χ4v) is 2.88. The first-order valence-electron chi connectivity index (χ1n) is 7.85. The summed E-state index contributed by atoms with van der Waals surface area (Å²) in [5.41, 5.74) is 0.230. The molecule has 1 amide bonds. The molecule has 2 aromatic carbocycles. The van der Waals surface area contributed by atoms with Gasteiger partial charge in [-0.1, -0.05) is 41.9 Å². The molecule has 0 saturated carbocycles. The molecule has 26 heavy (non-hydrogen) atoms. The summed E-state index contributed by atoms with van der Waals surface area (Å²) in [6.07, 6.45) is 1.08. The summed E-state index contributed by atoms with van der Waals surface area (Å²) in [6, 6.07) is 11.4. The molecular formula is C19H15ClFNO4. The number of carbonyl (C=O) groups is 2. The van der Waals surface area contributed by atoms with Gasteiger partial charge in [-0.2, -0.15) is 0 Å². The van der Waals surface area contributed by atoms with E-state index in [-0.39, 0.29) is 24.3 Å². The topological polar surface area (TPSA) is 66.8 Å². The van der Waals surface area contributed by atoms with E-state index in [1.54, 1.807) is 30.3 Å². The summed E-state index contributed by atoms with van der Waals surface area (Å²) in [7, 11) is 0. The third kappa shape index (κ3) is 3.86. The van der Waals surface area contributed by atoms with Gasteiger partial charge in [0.1, 0.15) is 23.4 Å². The van der Waals surface area contributed by atoms with Crippen LogP contribution in [0.2, 0.25) is 5.02 Å². The zero-order valence-electron chi connectivity index (χ0n) is 13.6. The van der Waals surface area contributed by atoms with Crippen LogP contribution in [0.5, 0.6) is 5.75 Å². The van der Waals surface area contributed by atoms with Crippen LogP contribution < -0.4 is 4.74 Å². The van der Waals surface area contributed by atoms with Crippen LogP contribution in [-0.4, -0.2) is 34.5 Å². The molecule has 1 aliphatic rings. The van der Waals surface area contributed by atoms with Crippen LogP contribution in [0.15, 0.2) is 60.4 Å². The van der Waals surface area contributed by atoms with Crippen molar-refractivity contribution in [3.63, 3.8) is 0 Å². The second-order valence-corrected chi connectivity index (χ2v) is 6.17. The Morgan fingerprint density at radius 3 is 2.62 bits per heavy atom. The van der Waals surface area contributed by atoms with Gasteiger partial charge in [-0.25, -0.2) is 9.18 Å². The van der Waals surface area contributed by atoms with Gasteiger partial charge in [0.05, 0.1) is 11.6 Å². The highest BCUT2D eigenvalue weighted by molar-refractivity contribution is 6.32. The fourth-order valence-electron chi connectivity index (χ4n) is 2.71. The van der Waals surface area contributed by atoms with Gasteiger partial charge < -0.3 is 14.7 Å². The zero-order chi connectivity index (χ0) is 18.7. The molecule has 0 spiro atoms. The monoisotopic (exact) mass is 375 g/mol. The van der Waals surface area contributed by atoms with E-state index in [0.717, 1.165) is 4.90 Å². The van der Waals surface area contributed by atoms with Crippen molar-refractivity contribution in [1.82, 2.24) is 4.90 Å². The first kappa shape index (κ1) is 17.9. The Kier molecular flexibility index (Phi) is 5.23. The Bertz CT molecular complexity index is 883. The van der Waals surface area contributed by atoms with E-state index in [1.165, 1.54) is 24.3 Å². The minimum atomic E-state index is -1.21. The molecule has 0 radical (unpaired) electrons. The van der Waals surface area contributed by atoms with Crippen molar-refractivity contribution in [3.8, 4) is 5.75 Å². The lowest BCUT2D eigenvalue weighted by Crippen LogP contribution is -2.44. The molecule has 0 fully saturated rings. The Morgan fingerprint density at radius 1 is 1.23 bits per heavy atom. The Labute approximate surface area is 154 Å². The Hall–Kier alpha value is -2.86. The zero-order valence-corrected chi connectivity index (χ0v) is 14.3. The first-order valence-corrected chi connectivity index (χ1v) is 8.23. The number of hydrogen-bond acceptors (Lipinski definition) is 3. The van der Waals surface area contributed by atoms with E-state index in [1.807, 2.05) is 0 Å². The van der Waals surface area contributed by atoms with E-state index in [4.69, 9.17) is 16.3 Å². The predicted octanol–water partition coefficient (Wildman–Crippen LogP) is 3.28. The van der Waals surface area contributed by atoms with Crippen LogP contribution in [-0.2, 0) is 16.0 Å². The van der Waals surface area contributed by atoms with Gasteiger partial charge in [-0.05, 0) is 23.8 Å². The number of rotatable bonds is 6. The predicted molar refractivity (Wildman–Crippen MR) is 93.4 cm³/mol. The lowest BCUT2D eigenvalue weighted by molar-refractivity contribution is -0.147. The number of carboxylic acid groups (broad SMARTS) is 1. The van der Waals surface area contributed by atoms with Gasteiger partial charge in [-0.3, -0.25) is 4.79 Å². The maximum Gasteiger partial charge on any atom is 0.326 e. The molecule has 7 heteroatoms. The number of carboxylic acids is 1. The number of para-hydroxylation sites is 1. The molecule has 0 saturated heterocycles. The molecule has 134 valence electrons. The summed E-state index contributed by atoms with van der Waals surface area (Å²) in [6.45, 7) is -0.0323. The van der Waals surface area contributed by atoms with Crippen LogP contribution in [0.1, 0.15) is 5.56 Å². The number of hydrogen-bond donors (Lipinski definition) is 1.